The lowest BCUT2D eigenvalue weighted by Gasteiger charge is -2.17. The fraction of sp³-hybridized carbons (Fsp3) is 0.200. The molecule has 110 valence electrons. The second kappa shape index (κ2) is 7.17. The Kier molecular flexibility index (Phi) is 5.27. The number of hydrogen-bond acceptors (Lipinski definition) is 3. The third-order valence-corrected chi connectivity index (χ3v) is 3.46. The second-order valence-electron chi connectivity index (χ2n) is 4.47. The molecule has 0 N–H and O–H groups in total. The Hall–Kier alpha value is -1.95. The molecule has 1 aromatic carbocycles. The number of nitrogens with zero attached hydrogens (tertiary/aromatic N) is 2. The summed E-state index contributed by atoms with van der Waals surface area (Å²) in [5, 5.41) is 0. The smallest absolute Gasteiger partial charge is 0.260 e. The maximum atomic E-state index is 13.0. The number of rotatable bonds is 5. The number of likely N-dealkylation sites (N-methyl/N-ethyl adjacent to an activating group) is 1. The number of benzene rings is 1. The highest BCUT2D eigenvalue weighted by molar-refractivity contribution is 9.10. The van der Waals surface area contributed by atoms with Gasteiger partial charge in [-0.15, -0.1) is 0 Å². The lowest BCUT2D eigenvalue weighted by molar-refractivity contribution is -0.132. The van der Waals surface area contributed by atoms with Gasteiger partial charge >= 0.3 is 0 Å². The molecule has 0 atom stereocenters. The first-order valence-corrected chi connectivity index (χ1v) is 7.06. The Bertz CT molecular complexity index is 622. The number of halogens is 2. The molecule has 0 radical (unpaired) electrons. The second-order valence-corrected chi connectivity index (χ2v) is 5.32. The van der Waals surface area contributed by atoms with Crippen LogP contribution in [-0.2, 0) is 11.3 Å². The van der Waals surface area contributed by atoms with Gasteiger partial charge in [-0.25, -0.2) is 4.39 Å². The van der Waals surface area contributed by atoms with E-state index >= 15 is 0 Å². The Morgan fingerprint density at radius 1 is 1.33 bits per heavy atom. The van der Waals surface area contributed by atoms with Crippen molar-refractivity contribution in [3.8, 4) is 5.75 Å². The van der Waals surface area contributed by atoms with Gasteiger partial charge in [-0.05, 0) is 51.8 Å². The molecule has 0 saturated heterocycles. The van der Waals surface area contributed by atoms with Crippen molar-refractivity contribution in [2.45, 2.75) is 6.54 Å². The van der Waals surface area contributed by atoms with Crippen LogP contribution < -0.4 is 4.74 Å². The van der Waals surface area contributed by atoms with Crippen LogP contribution >= 0.6 is 15.9 Å². The third-order valence-electron chi connectivity index (χ3n) is 2.84. The number of aromatic nitrogens is 1. The molecule has 0 aliphatic heterocycles. The van der Waals surface area contributed by atoms with Crippen molar-refractivity contribution < 1.29 is 13.9 Å². The number of pyridine rings is 1. The van der Waals surface area contributed by atoms with Crippen molar-refractivity contribution in [1.29, 1.82) is 0 Å². The fourth-order valence-corrected chi connectivity index (χ4v) is 2.16. The van der Waals surface area contributed by atoms with Crippen LogP contribution in [0.3, 0.4) is 0 Å². The summed E-state index contributed by atoms with van der Waals surface area (Å²) in [4.78, 5) is 17.5. The van der Waals surface area contributed by atoms with Crippen molar-refractivity contribution in [3.63, 3.8) is 0 Å². The maximum absolute atomic E-state index is 13.0. The molecule has 2 rings (SSSR count). The Balaban J connectivity index is 1.89. The van der Waals surface area contributed by atoms with Gasteiger partial charge in [0.15, 0.2) is 6.61 Å². The quantitative estimate of drug-likeness (QED) is 0.830. The molecule has 0 aliphatic carbocycles. The van der Waals surface area contributed by atoms with Crippen molar-refractivity contribution >= 4 is 21.8 Å². The molecule has 21 heavy (non-hydrogen) atoms. The number of hydrogen-bond donors (Lipinski definition) is 0. The minimum atomic E-state index is -0.365. The van der Waals surface area contributed by atoms with Crippen LogP contribution in [0.25, 0.3) is 0 Å². The highest BCUT2D eigenvalue weighted by Gasteiger charge is 2.11. The van der Waals surface area contributed by atoms with Crippen LogP contribution in [0.4, 0.5) is 4.39 Å². The molecule has 1 aromatic heterocycles. The van der Waals surface area contributed by atoms with Crippen molar-refractivity contribution in [3.05, 3.63) is 58.6 Å². The molecular formula is C15H14BrFN2O2. The van der Waals surface area contributed by atoms with E-state index < -0.39 is 0 Å². The van der Waals surface area contributed by atoms with Gasteiger partial charge in [-0.2, -0.15) is 0 Å². The van der Waals surface area contributed by atoms with E-state index in [1.54, 1.807) is 24.3 Å². The molecule has 1 amide bonds. The lowest BCUT2D eigenvalue weighted by atomic mass is 10.2. The molecular weight excluding hydrogens is 339 g/mol. The van der Waals surface area contributed by atoms with Gasteiger partial charge in [0.05, 0.1) is 4.47 Å². The Morgan fingerprint density at radius 2 is 2.05 bits per heavy atom. The average molecular weight is 353 g/mol. The summed E-state index contributed by atoms with van der Waals surface area (Å²) in [7, 11) is 1.70. The summed E-state index contributed by atoms with van der Waals surface area (Å²) < 4.78 is 18.8. The fourth-order valence-electron chi connectivity index (χ4n) is 1.69. The zero-order valence-electron chi connectivity index (χ0n) is 11.4. The minimum Gasteiger partial charge on any atom is -0.483 e. The molecule has 1 heterocycles. The van der Waals surface area contributed by atoms with E-state index in [0.717, 1.165) is 5.56 Å². The molecule has 0 aliphatic rings. The Morgan fingerprint density at radius 3 is 2.71 bits per heavy atom. The first-order chi connectivity index (χ1) is 10.1. The lowest BCUT2D eigenvalue weighted by Crippen LogP contribution is -2.31. The topological polar surface area (TPSA) is 42.4 Å². The van der Waals surface area contributed by atoms with E-state index in [2.05, 4.69) is 20.9 Å². The summed E-state index contributed by atoms with van der Waals surface area (Å²) >= 11 is 3.19. The highest BCUT2D eigenvalue weighted by Crippen LogP contribution is 2.25. The zero-order valence-corrected chi connectivity index (χ0v) is 13.0. The van der Waals surface area contributed by atoms with Gasteiger partial charge in [0.1, 0.15) is 11.6 Å². The molecule has 0 unspecified atom stereocenters. The molecule has 2 aromatic rings. The predicted octanol–water partition coefficient (Wildman–Crippen LogP) is 3.02. The first-order valence-electron chi connectivity index (χ1n) is 6.27. The van der Waals surface area contributed by atoms with Gasteiger partial charge in [0.2, 0.25) is 0 Å². The number of carbonyl (C=O) groups is 1. The van der Waals surface area contributed by atoms with E-state index in [4.69, 9.17) is 4.74 Å². The van der Waals surface area contributed by atoms with Crippen LogP contribution in [-0.4, -0.2) is 29.4 Å². The molecule has 6 heteroatoms. The number of amides is 1. The highest BCUT2D eigenvalue weighted by atomic mass is 79.9. The molecule has 4 nitrogen and oxygen atoms in total. The molecule has 0 bridgehead atoms. The number of ether oxygens (including phenoxy) is 1. The first kappa shape index (κ1) is 15.4. The predicted molar refractivity (Wildman–Crippen MR) is 80.3 cm³/mol. The van der Waals surface area contributed by atoms with Crippen LogP contribution in [0, 0.1) is 5.82 Å². The van der Waals surface area contributed by atoms with Crippen molar-refractivity contribution in [1.82, 2.24) is 9.88 Å². The SMILES string of the molecule is CN(Cc1ccncc1)C(=O)COc1ccc(F)cc1Br. The largest absolute Gasteiger partial charge is 0.483 e. The normalized spacial score (nSPS) is 10.2. The van der Waals surface area contributed by atoms with Gasteiger partial charge in [-0.3, -0.25) is 9.78 Å². The third kappa shape index (κ3) is 4.53. The maximum Gasteiger partial charge on any atom is 0.260 e. The van der Waals surface area contributed by atoms with Gasteiger partial charge in [0, 0.05) is 26.0 Å². The van der Waals surface area contributed by atoms with E-state index in [-0.39, 0.29) is 18.3 Å². The van der Waals surface area contributed by atoms with Crippen LogP contribution in [0.2, 0.25) is 0 Å². The summed E-state index contributed by atoms with van der Waals surface area (Å²) in [6, 6.07) is 7.75. The minimum absolute atomic E-state index is 0.105. The van der Waals surface area contributed by atoms with E-state index in [1.807, 2.05) is 12.1 Å². The average Bonchev–Trinajstić information content (AvgIpc) is 2.47. The van der Waals surface area contributed by atoms with Gasteiger partial charge in [-0.1, -0.05) is 0 Å². The van der Waals surface area contributed by atoms with E-state index in [0.29, 0.717) is 16.8 Å². The summed E-state index contributed by atoms with van der Waals surface area (Å²) in [5.74, 6) is -0.0968. The van der Waals surface area contributed by atoms with Gasteiger partial charge in [0.25, 0.3) is 5.91 Å². The summed E-state index contributed by atoms with van der Waals surface area (Å²) in [6.07, 6.45) is 3.36. The van der Waals surface area contributed by atoms with E-state index in [1.165, 1.54) is 18.2 Å². The summed E-state index contributed by atoms with van der Waals surface area (Å²) in [6.45, 7) is 0.376. The van der Waals surface area contributed by atoms with Crippen LogP contribution in [0.1, 0.15) is 5.56 Å². The molecule has 0 saturated carbocycles. The molecule has 0 fully saturated rings. The van der Waals surface area contributed by atoms with Crippen molar-refractivity contribution in [2.75, 3.05) is 13.7 Å². The van der Waals surface area contributed by atoms with Crippen molar-refractivity contribution in [2.24, 2.45) is 0 Å². The van der Waals surface area contributed by atoms with Gasteiger partial charge < -0.3 is 9.64 Å². The van der Waals surface area contributed by atoms with Crippen LogP contribution in [0.5, 0.6) is 5.75 Å². The monoisotopic (exact) mass is 352 g/mol. The Labute approximate surface area is 130 Å². The summed E-state index contributed by atoms with van der Waals surface area (Å²) in [5.41, 5.74) is 0.990. The zero-order chi connectivity index (χ0) is 15.2. The number of carbonyl (C=O) groups excluding carboxylic acids is 1. The van der Waals surface area contributed by atoms with Crippen LogP contribution in [0.15, 0.2) is 47.2 Å². The standard InChI is InChI=1S/C15H14BrFN2O2/c1-19(9-11-4-6-18-7-5-11)15(20)10-21-14-3-2-12(17)8-13(14)16/h2-8H,9-10H2,1H3. The molecule has 0 spiro atoms. The van der Waals surface area contributed by atoms with E-state index in [9.17, 15) is 9.18 Å².